The zero-order valence-corrected chi connectivity index (χ0v) is 19.6. The summed E-state index contributed by atoms with van der Waals surface area (Å²) < 4.78 is 15.2. The van der Waals surface area contributed by atoms with Crippen molar-refractivity contribution in [1.82, 2.24) is 14.7 Å². The molecule has 0 aromatic heterocycles. The molecule has 35 heavy (non-hydrogen) atoms. The van der Waals surface area contributed by atoms with Crippen molar-refractivity contribution in [2.75, 3.05) is 46.2 Å². The number of amides is 4. The first-order valence-electron chi connectivity index (χ1n) is 11.4. The molecule has 11 nitrogen and oxygen atoms in total. The Morgan fingerprint density at radius 3 is 2.43 bits per heavy atom. The summed E-state index contributed by atoms with van der Waals surface area (Å²) >= 11 is 0. The van der Waals surface area contributed by atoms with Crippen LogP contribution in [0.25, 0.3) is 0 Å². The number of likely N-dealkylation sites (tertiary alicyclic amines) is 2. The minimum absolute atomic E-state index is 0.0199. The Bertz CT molecular complexity index is 977. The van der Waals surface area contributed by atoms with E-state index >= 15 is 0 Å². The molecule has 0 aromatic carbocycles. The van der Waals surface area contributed by atoms with E-state index in [4.69, 9.17) is 14.2 Å². The molecule has 1 atom stereocenters. The number of morpholine rings is 1. The van der Waals surface area contributed by atoms with Crippen LogP contribution >= 0.6 is 0 Å². The maximum absolute atomic E-state index is 13.1. The summed E-state index contributed by atoms with van der Waals surface area (Å²) in [6.45, 7) is 7.95. The van der Waals surface area contributed by atoms with Gasteiger partial charge in [-0.15, -0.1) is 0 Å². The Hall–Kier alpha value is -3.57. The number of hydrogen-bond donors (Lipinski definition) is 0. The number of hydrogen-bond acceptors (Lipinski definition) is 9. The monoisotopic (exact) mass is 487 g/mol. The number of allylic oxidation sites excluding steroid dienone is 5. The third-order valence-corrected chi connectivity index (χ3v) is 5.77. The number of piperidine rings is 1. The predicted molar refractivity (Wildman–Crippen MR) is 122 cm³/mol. The van der Waals surface area contributed by atoms with Gasteiger partial charge >= 0.3 is 6.16 Å². The summed E-state index contributed by atoms with van der Waals surface area (Å²) in [5.41, 5.74) is 0.240. The fourth-order valence-electron chi connectivity index (χ4n) is 3.94. The Kier molecular flexibility index (Phi) is 9.10. The lowest BCUT2D eigenvalue weighted by atomic mass is 10.0. The molecule has 3 aliphatic rings. The van der Waals surface area contributed by atoms with Gasteiger partial charge in [0.25, 0.3) is 17.7 Å². The average molecular weight is 488 g/mol. The molecule has 0 spiro atoms. The van der Waals surface area contributed by atoms with Crippen LogP contribution in [-0.4, -0.2) is 96.7 Å². The Morgan fingerprint density at radius 1 is 1.09 bits per heavy atom. The van der Waals surface area contributed by atoms with Gasteiger partial charge in [0.05, 0.1) is 24.4 Å². The van der Waals surface area contributed by atoms with Crippen molar-refractivity contribution in [3.05, 3.63) is 48.1 Å². The molecule has 3 rings (SSSR count). The van der Waals surface area contributed by atoms with Crippen molar-refractivity contribution in [2.24, 2.45) is 0 Å². The lowest BCUT2D eigenvalue weighted by Gasteiger charge is -2.33. The van der Waals surface area contributed by atoms with Crippen molar-refractivity contribution in [3.8, 4) is 0 Å². The van der Waals surface area contributed by atoms with Crippen LogP contribution in [-0.2, 0) is 33.4 Å². The van der Waals surface area contributed by atoms with E-state index in [0.717, 1.165) is 22.9 Å². The van der Waals surface area contributed by atoms with E-state index in [1.807, 2.05) is 0 Å². The Morgan fingerprint density at radius 2 is 1.77 bits per heavy atom. The van der Waals surface area contributed by atoms with E-state index in [-0.39, 0.29) is 30.6 Å². The molecule has 3 heterocycles. The normalized spacial score (nSPS) is 24.2. The van der Waals surface area contributed by atoms with Crippen molar-refractivity contribution < 1.29 is 38.2 Å². The van der Waals surface area contributed by atoms with Gasteiger partial charge in [-0.05, 0) is 25.5 Å². The van der Waals surface area contributed by atoms with Gasteiger partial charge in [0, 0.05) is 26.1 Å². The first kappa shape index (κ1) is 26.0. The van der Waals surface area contributed by atoms with Crippen molar-refractivity contribution in [2.45, 2.75) is 25.8 Å². The van der Waals surface area contributed by atoms with Crippen LogP contribution in [0.4, 0.5) is 4.79 Å². The molecule has 4 amide bonds. The maximum Gasteiger partial charge on any atom is 0.510 e. The molecule has 3 aliphatic heterocycles. The number of rotatable bonds is 8. The topological polar surface area (TPSA) is 123 Å². The molecule has 0 radical (unpaired) electrons. The zero-order chi connectivity index (χ0) is 25.4. The summed E-state index contributed by atoms with van der Waals surface area (Å²) in [5.74, 6) is -2.66. The van der Waals surface area contributed by atoms with Crippen LogP contribution in [0.2, 0.25) is 0 Å². The van der Waals surface area contributed by atoms with Gasteiger partial charge in [0.2, 0.25) is 5.91 Å². The number of nitrogens with zero attached hydrogens (tertiary/aromatic N) is 3. The smallest absolute Gasteiger partial charge is 0.433 e. The van der Waals surface area contributed by atoms with E-state index in [1.165, 1.54) is 18.2 Å². The minimum atomic E-state index is -1.20. The summed E-state index contributed by atoms with van der Waals surface area (Å²) in [4.78, 5) is 67.0. The maximum atomic E-state index is 13.1. The quantitative estimate of drug-likeness (QED) is 0.279. The lowest BCUT2D eigenvalue weighted by Crippen LogP contribution is -2.56. The molecular weight excluding hydrogens is 458 g/mol. The predicted octanol–water partition coefficient (Wildman–Crippen LogP) is 0.931. The van der Waals surface area contributed by atoms with Gasteiger partial charge in [0.15, 0.2) is 6.73 Å². The number of carbonyl (C=O) groups excluding carboxylic acids is 5. The van der Waals surface area contributed by atoms with Crippen LogP contribution in [0, 0.1) is 0 Å². The lowest BCUT2D eigenvalue weighted by molar-refractivity contribution is -0.162. The molecule has 11 heteroatoms. The van der Waals surface area contributed by atoms with E-state index in [0.29, 0.717) is 19.8 Å². The molecule has 0 N–H and O–H groups in total. The highest BCUT2D eigenvalue weighted by Gasteiger charge is 2.48. The largest absolute Gasteiger partial charge is 0.510 e. The molecule has 0 aliphatic carbocycles. The van der Waals surface area contributed by atoms with E-state index < -0.39 is 42.6 Å². The van der Waals surface area contributed by atoms with Crippen molar-refractivity contribution >= 4 is 29.8 Å². The molecule has 0 aromatic rings. The zero-order valence-electron chi connectivity index (χ0n) is 19.6. The van der Waals surface area contributed by atoms with Crippen molar-refractivity contribution in [1.29, 1.82) is 0 Å². The molecule has 1 unspecified atom stereocenters. The first-order valence-corrected chi connectivity index (χ1v) is 11.4. The second kappa shape index (κ2) is 12.2. The minimum Gasteiger partial charge on any atom is -0.433 e. The van der Waals surface area contributed by atoms with Crippen molar-refractivity contribution in [3.63, 3.8) is 0 Å². The summed E-state index contributed by atoms with van der Waals surface area (Å²) in [6, 6.07) is -1.20. The highest BCUT2D eigenvalue weighted by Crippen LogP contribution is 2.31. The van der Waals surface area contributed by atoms with Crippen LogP contribution in [0.5, 0.6) is 0 Å². The summed E-state index contributed by atoms with van der Waals surface area (Å²) in [5, 5.41) is 0. The summed E-state index contributed by atoms with van der Waals surface area (Å²) in [7, 11) is 0. The molecule has 0 saturated carbocycles. The van der Waals surface area contributed by atoms with E-state index in [1.54, 1.807) is 19.1 Å². The molecule has 0 bridgehead atoms. The first-order chi connectivity index (χ1) is 16.9. The van der Waals surface area contributed by atoms with Crippen LogP contribution in [0.3, 0.4) is 0 Å². The van der Waals surface area contributed by atoms with Gasteiger partial charge in [0.1, 0.15) is 12.6 Å². The molecule has 188 valence electrons. The second-order valence-corrected chi connectivity index (χ2v) is 7.94. The molecule has 3 fully saturated rings. The third kappa shape index (κ3) is 6.11. The number of imide groups is 2. The third-order valence-electron chi connectivity index (χ3n) is 5.77. The van der Waals surface area contributed by atoms with E-state index in [2.05, 4.69) is 11.5 Å². The fraction of sp³-hybridized carbons (Fsp3) is 0.458. The Balaban J connectivity index is 1.62. The van der Waals surface area contributed by atoms with Gasteiger partial charge in [-0.1, -0.05) is 24.8 Å². The van der Waals surface area contributed by atoms with Gasteiger partial charge in [-0.25, -0.2) is 9.69 Å². The fourth-order valence-corrected chi connectivity index (χ4v) is 3.94. The van der Waals surface area contributed by atoms with E-state index in [9.17, 15) is 24.0 Å². The van der Waals surface area contributed by atoms with Gasteiger partial charge in [-0.2, -0.15) is 0 Å². The SMILES string of the molecule is C=C/C=C1/C(=O)N(C2CCC(=O)N(COC(=O)OCCN3CCOCC3)C2=O)C(=O)/C1=C/C=C/C. The highest BCUT2D eigenvalue weighted by molar-refractivity contribution is 6.26. The highest BCUT2D eigenvalue weighted by atomic mass is 16.7. The van der Waals surface area contributed by atoms with Crippen LogP contribution in [0.1, 0.15) is 19.8 Å². The molecular formula is C24H29N3O8. The van der Waals surface area contributed by atoms with Crippen LogP contribution < -0.4 is 0 Å². The van der Waals surface area contributed by atoms with Gasteiger partial charge < -0.3 is 14.2 Å². The number of ether oxygens (including phenoxy) is 3. The second-order valence-electron chi connectivity index (χ2n) is 7.94. The standard InChI is InChI=1S/C24H29N3O8/c1-3-5-7-18-17(6-4-2)21(29)27(22(18)30)19-8-9-20(28)26(23(19)31)16-35-24(32)34-15-12-25-10-13-33-14-11-25/h3-7,19H,2,8-16H2,1H3/b5-3+,17-6+,18-7+. The van der Waals surface area contributed by atoms with Crippen LogP contribution in [0.15, 0.2) is 48.1 Å². The van der Waals surface area contributed by atoms with Gasteiger partial charge in [-0.3, -0.25) is 29.0 Å². The molecule has 3 saturated heterocycles. The summed E-state index contributed by atoms with van der Waals surface area (Å²) in [6.07, 6.45) is 6.43. The number of carbonyl (C=O) groups is 5. The average Bonchev–Trinajstić information content (AvgIpc) is 3.07. The Labute approximate surface area is 203 Å².